The van der Waals surface area contributed by atoms with Crippen LogP contribution in [0.1, 0.15) is 12.5 Å². The zero-order valence-electron chi connectivity index (χ0n) is 11.4. The minimum absolute atomic E-state index is 0.121. The lowest BCUT2D eigenvalue weighted by atomic mass is 10.1. The number of aromatic nitrogens is 1. The quantitative estimate of drug-likeness (QED) is 0.681. The predicted molar refractivity (Wildman–Crippen MR) is 78.0 cm³/mol. The molecule has 2 aromatic rings. The summed E-state index contributed by atoms with van der Waals surface area (Å²) in [5.41, 5.74) is 1.65. The van der Waals surface area contributed by atoms with Crippen molar-refractivity contribution in [2.24, 2.45) is 0 Å². The van der Waals surface area contributed by atoms with Crippen LogP contribution in [-0.2, 0) is 0 Å². The molecule has 20 heavy (non-hydrogen) atoms. The maximum absolute atomic E-state index is 12.2. The first kappa shape index (κ1) is 14.1. The first-order chi connectivity index (χ1) is 9.49. The van der Waals surface area contributed by atoms with Gasteiger partial charge < -0.3 is 20.7 Å². The molecule has 6 heteroatoms. The van der Waals surface area contributed by atoms with Crippen molar-refractivity contribution in [3.63, 3.8) is 0 Å². The van der Waals surface area contributed by atoms with Gasteiger partial charge in [-0.25, -0.2) is 4.79 Å². The van der Waals surface area contributed by atoms with Gasteiger partial charge in [0.1, 0.15) is 5.69 Å². The summed E-state index contributed by atoms with van der Waals surface area (Å²) in [6.07, 6.45) is 0.831. The summed E-state index contributed by atoms with van der Waals surface area (Å²) in [6.45, 7) is 3.59. The molecule has 4 N–H and O–H groups in total. The van der Waals surface area contributed by atoms with Gasteiger partial charge in [0.05, 0.1) is 11.6 Å². The van der Waals surface area contributed by atoms with E-state index in [-0.39, 0.29) is 17.7 Å². The predicted octanol–water partition coefficient (Wildman–Crippen LogP) is 1.34. The number of hydrogen-bond donors (Lipinski definition) is 4. The number of amides is 2. The Bertz CT molecular complexity index is 692. The van der Waals surface area contributed by atoms with Gasteiger partial charge in [-0.2, -0.15) is 0 Å². The summed E-state index contributed by atoms with van der Waals surface area (Å²) in [5.74, 6) is 0. The molecule has 1 aromatic heterocycles. The number of benzene rings is 1. The molecule has 0 radical (unpaired) electrons. The minimum atomic E-state index is -0.640. The van der Waals surface area contributed by atoms with Crippen molar-refractivity contribution in [1.82, 2.24) is 10.3 Å². The average molecular weight is 275 g/mol. The van der Waals surface area contributed by atoms with Crippen LogP contribution in [0.25, 0.3) is 10.9 Å². The fourth-order valence-electron chi connectivity index (χ4n) is 1.90. The summed E-state index contributed by atoms with van der Waals surface area (Å²) < 4.78 is 0. The van der Waals surface area contributed by atoms with Crippen LogP contribution in [0.2, 0.25) is 0 Å². The summed E-state index contributed by atoms with van der Waals surface area (Å²) in [6, 6.07) is 4.88. The fourth-order valence-corrected chi connectivity index (χ4v) is 1.90. The number of rotatable bonds is 3. The number of urea groups is 1. The van der Waals surface area contributed by atoms with Crippen molar-refractivity contribution in [3.8, 4) is 0 Å². The van der Waals surface area contributed by atoms with Gasteiger partial charge in [0, 0.05) is 18.1 Å². The van der Waals surface area contributed by atoms with E-state index in [0.717, 1.165) is 11.1 Å². The Kier molecular flexibility index (Phi) is 4.05. The molecular weight excluding hydrogens is 258 g/mol. The number of pyridine rings is 1. The van der Waals surface area contributed by atoms with Crippen molar-refractivity contribution < 1.29 is 9.90 Å². The molecule has 6 nitrogen and oxygen atoms in total. The topological polar surface area (TPSA) is 94.2 Å². The Morgan fingerprint density at radius 2 is 2.20 bits per heavy atom. The van der Waals surface area contributed by atoms with Gasteiger partial charge in [-0.15, -0.1) is 0 Å². The van der Waals surface area contributed by atoms with Crippen LogP contribution in [0.3, 0.4) is 0 Å². The number of carbonyl (C=O) groups is 1. The average Bonchev–Trinajstić information content (AvgIpc) is 2.40. The molecule has 2 rings (SSSR count). The standard InChI is InChI=1S/C14H17N3O3/c1-8-4-3-5-10-12(8)15-7-11(13(10)19)17-14(20)16-6-9(2)18/h3-5,7,9,18H,6H2,1-2H3,(H,15,19)(H2,16,17,20). The lowest BCUT2D eigenvalue weighted by molar-refractivity contribution is 0.190. The molecule has 0 spiro atoms. The van der Waals surface area contributed by atoms with E-state index < -0.39 is 12.1 Å². The summed E-state index contributed by atoms with van der Waals surface area (Å²) >= 11 is 0. The van der Waals surface area contributed by atoms with Crippen LogP contribution in [0.15, 0.2) is 29.2 Å². The van der Waals surface area contributed by atoms with Crippen LogP contribution in [-0.4, -0.2) is 28.8 Å². The number of H-pyrrole nitrogens is 1. The van der Waals surface area contributed by atoms with E-state index in [1.165, 1.54) is 6.20 Å². The second-order valence-electron chi connectivity index (χ2n) is 4.71. The lowest BCUT2D eigenvalue weighted by Gasteiger charge is -2.09. The summed E-state index contributed by atoms with van der Waals surface area (Å²) in [5, 5.41) is 14.5. The van der Waals surface area contributed by atoms with E-state index in [1.54, 1.807) is 19.1 Å². The number of hydrogen-bond acceptors (Lipinski definition) is 3. The summed E-state index contributed by atoms with van der Waals surface area (Å²) in [7, 11) is 0. The molecular formula is C14H17N3O3. The van der Waals surface area contributed by atoms with Crippen molar-refractivity contribution in [1.29, 1.82) is 0 Å². The van der Waals surface area contributed by atoms with Crippen LogP contribution in [0.4, 0.5) is 10.5 Å². The summed E-state index contributed by atoms with van der Waals surface area (Å²) in [4.78, 5) is 26.8. The molecule has 1 aromatic carbocycles. The molecule has 0 saturated heterocycles. The van der Waals surface area contributed by atoms with Crippen LogP contribution in [0.5, 0.6) is 0 Å². The Balaban J connectivity index is 2.26. The molecule has 1 heterocycles. The van der Waals surface area contributed by atoms with E-state index in [1.807, 2.05) is 13.0 Å². The SMILES string of the molecule is Cc1cccc2c(=O)c(NC(=O)NCC(C)O)c[nH]c12. The number of anilines is 1. The van der Waals surface area contributed by atoms with Crippen LogP contribution in [0, 0.1) is 6.92 Å². The van der Waals surface area contributed by atoms with E-state index in [0.29, 0.717) is 5.39 Å². The monoisotopic (exact) mass is 275 g/mol. The highest BCUT2D eigenvalue weighted by Crippen LogP contribution is 2.14. The minimum Gasteiger partial charge on any atom is -0.392 e. The molecule has 1 unspecified atom stereocenters. The molecule has 0 bridgehead atoms. The molecule has 1 atom stereocenters. The molecule has 0 aliphatic carbocycles. The van der Waals surface area contributed by atoms with Crippen LogP contribution < -0.4 is 16.1 Å². The van der Waals surface area contributed by atoms with E-state index in [9.17, 15) is 9.59 Å². The maximum Gasteiger partial charge on any atom is 0.319 e. The van der Waals surface area contributed by atoms with Gasteiger partial charge >= 0.3 is 6.03 Å². The first-order valence-corrected chi connectivity index (χ1v) is 6.33. The molecule has 106 valence electrons. The highest BCUT2D eigenvalue weighted by atomic mass is 16.3. The second-order valence-corrected chi connectivity index (χ2v) is 4.71. The van der Waals surface area contributed by atoms with Gasteiger partial charge in [-0.3, -0.25) is 4.79 Å². The van der Waals surface area contributed by atoms with Gasteiger partial charge in [-0.05, 0) is 25.5 Å². The second kappa shape index (κ2) is 5.75. The Morgan fingerprint density at radius 1 is 1.45 bits per heavy atom. The zero-order chi connectivity index (χ0) is 14.7. The molecule has 0 aliphatic heterocycles. The Labute approximate surface area is 115 Å². The third kappa shape index (κ3) is 2.97. The lowest BCUT2D eigenvalue weighted by Crippen LogP contribution is -2.35. The van der Waals surface area contributed by atoms with Gasteiger partial charge in [0.15, 0.2) is 0 Å². The van der Waals surface area contributed by atoms with Crippen molar-refractivity contribution in [2.75, 3.05) is 11.9 Å². The molecule has 0 saturated carbocycles. The first-order valence-electron chi connectivity index (χ1n) is 6.33. The number of nitrogens with one attached hydrogen (secondary N) is 3. The third-order valence-electron chi connectivity index (χ3n) is 2.93. The number of aliphatic hydroxyl groups excluding tert-OH is 1. The van der Waals surface area contributed by atoms with Crippen LogP contribution >= 0.6 is 0 Å². The van der Waals surface area contributed by atoms with E-state index in [4.69, 9.17) is 5.11 Å². The Morgan fingerprint density at radius 3 is 2.90 bits per heavy atom. The number of aryl methyl sites for hydroxylation is 1. The number of aromatic amines is 1. The number of para-hydroxylation sites is 1. The van der Waals surface area contributed by atoms with E-state index >= 15 is 0 Å². The van der Waals surface area contributed by atoms with Crippen molar-refractivity contribution >= 4 is 22.6 Å². The van der Waals surface area contributed by atoms with Gasteiger partial charge in [0.25, 0.3) is 0 Å². The van der Waals surface area contributed by atoms with Crippen molar-refractivity contribution in [3.05, 3.63) is 40.2 Å². The largest absolute Gasteiger partial charge is 0.392 e. The fraction of sp³-hybridized carbons (Fsp3) is 0.286. The van der Waals surface area contributed by atoms with Gasteiger partial charge in [-0.1, -0.05) is 12.1 Å². The highest BCUT2D eigenvalue weighted by molar-refractivity contribution is 5.92. The normalized spacial score (nSPS) is 12.2. The third-order valence-corrected chi connectivity index (χ3v) is 2.93. The number of fused-ring (bicyclic) bond motifs is 1. The zero-order valence-corrected chi connectivity index (χ0v) is 11.4. The van der Waals surface area contributed by atoms with Crippen molar-refractivity contribution in [2.45, 2.75) is 20.0 Å². The maximum atomic E-state index is 12.2. The highest BCUT2D eigenvalue weighted by Gasteiger charge is 2.09. The Hall–Kier alpha value is -2.34. The number of aliphatic hydroxyl groups is 1. The number of carbonyl (C=O) groups excluding carboxylic acids is 1. The van der Waals surface area contributed by atoms with E-state index in [2.05, 4.69) is 15.6 Å². The molecule has 0 aliphatic rings. The molecule has 0 fully saturated rings. The molecule has 2 amide bonds. The van der Waals surface area contributed by atoms with Gasteiger partial charge in [0.2, 0.25) is 5.43 Å². The smallest absolute Gasteiger partial charge is 0.319 e.